The molecule has 0 heterocycles. The SMILES string of the molecule is CCC(CCC(=O)OCCCC1CCC(O)C(OC)C1)OC1CCC(CCC(C)=O)CC1OC. The van der Waals surface area contributed by atoms with Gasteiger partial charge in [-0.1, -0.05) is 6.92 Å². The van der Waals surface area contributed by atoms with Gasteiger partial charge in [0, 0.05) is 27.1 Å². The summed E-state index contributed by atoms with van der Waals surface area (Å²) in [6, 6.07) is 0. The number of ether oxygens (including phenoxy) is 4. The summed E-state index contributed by atoms with van der Waals surface area (Å²) in [5.74, 6) is 1.13. The third kappa shape index (κ3) is 10.3. The molecule has 7 unspecified atom stereocenters. The van der Waals surface area contributed by atoms with Gasteiger partial charge in [0.2, 0.25) is 0 Å². The molecule has 34 heavy (non-hydrogen) atoms. The Labute approximate surface area is 206 Å². The first-order valence-corrected chi connectivity index (χ1v) is 13.4. The van der Waals surface area contributed by atoms with Crippen LogP contribution in [0.15, 0.2) is 0 Å². The van der Waals surface area contributed by atoms with Gasteiger partial charge in [0.1, 0.15) is 5.78 Å². The van der Waals surface area contributed by atoms with E-state index in [1.165, 1.54) is 0 Å². The number of ketones is 1. The minimum atomic E-state index is -0.353. The van der Waals surface area contributed by atoms with Crippen LogP contribution in [0.25, 0.3) is 0 Å². The summed E-state index contributed by atoms with van der Waals surface area (Å²) in [4.78, 5) is 23.6. The Balaban J connectivity index is 1.63. The molecule has 0 aromatic heterocycles. The summed E-state index contributed by atoms with van der Waals surface area (Å²) in [5.41, 5.74) is 0. The molecule has 2 aliphatic rings. The van der Waals surface area contributed by atoms with Gasteiger partial charge in [0.05, 0.1) is 37.1 Å². The molecule has 0 amide bonds. The van der Waals surface area contributed by atoms with Crippen molar-refractivity contribution in [1.82, 2.24) is 0 Å². The number of Topliss-reactive ketones (excluding diaryl/α,β-unsaturated/α-hetero) is 1. The first kappa shape index (κ1) is 29.2. The zero-order valence-electron chi connectivity index (χ0n) is 21.8. The van der Waals surface area contributed by atoms with Crippen molar-refractivity contribution in [3.8, 4) is 0 Å². The Morgan fingerprint density at radius 3 is 2.26 bits per heavy atom. The van der Waals surface area contributed by atoms with Crippen LogP contribution >= 0.6 is 0 Å². The summed E-state index contributed by atoms with van der Waals surface area (Å²) >= 11 is 0. The van der Waals surface area contributed by atoms with E-state index in [1.54, 1.807) is 21.1 Å². The van der Waals surface area contributed by atoms with E-state index >= 15 is 0 Å². The fraction of sp³-hybridized carbons (Fsp3) is 0.926. The molecule has 2 saturated carbocycles. The van der Waals surface area contributed by atoms with Crippen molar-refractivity contribution in [2.24, 2.45) is 11.8 Å². The second kappa shape index (κ2) is 15.9. The lowest BCUT2D eigenvalue weighted by Crippen LogP contribution is -2.39. The van der Waals surface area contributed by atoms with Crippen molar-refractivity contribution in [1.29, 1.82) is 0 Å². The molecule has 0 aromatic rings. The first-order valence-electron chi connectivity index (χ1n) is 13.4. The lowest BCUT2D eigenvalue weighted by Gasteiger charge is -2.37. The third-order valence-corrected chi connectivity index (χ3v) is 7.73. The number of aliphatic hydroxyl groups is 1. The number of carbonyl (C=O) groups is 2. The number of hydrogen-bond acceptors (Lipinski definition) is 7. The highest BCUT2D eigenvalue weighted by Crippen LogP contribution is 2.33. The molecule has 0 bridgehead atoms. The van der Waals surface area contributed by atoms with Gasteiger partial charge in [-0.3, -0.25) is 4.79 Å². The van der Waals surface area contributed by atoms with Crippen LogP contribution in [-0.2, 0) is 28.5 Å². The molecule has 2 rings (SSSR count). The van der Waals surface area contributed by atoms with E-state index in [1.807, 2.05) is 0 Å². The number of methoxy groups -OCH3 is 2. The lowest BCUT2D eigenvalue weighted by molar-refractivity contribution is -0.147. The average molecular weight is 485 g/mol. The van der Waals surface area contributed by atoms with Gasteiger partial charge >= 0.3 is 5.97 Å². The van der Waals surface area contributed by atoms with Crippen LogP contribution in [0.4, 0.5) is 0 Å². The number of carbonyl (C=O) groups excluding carboxylic acids is 2. The molecule has 0 aliphatic heterocycles. The van der Waals surface area contributed by atoms with E-state index in [9.17, 15) is 14.7 Å². The van der Waals surface area contributed by atoms with E-state index in [0.717, 1.165) is 64.2 Å². The molecule has 2 aliphatic carbocycles. The molecule has 7 atom stereocenters. The monoisotopic (exact) mass is 484 g/mol. The van der Waals surface area contributed by atoms with Crippen LogP contribution in [0.5, 0.6) is 0 Å². The smallest absolute Gasteiger partial charge is 0.305 e. The van der Waals surface area contributed by atoms with E-state index in [2.05, 4.69) is 6.92 Å². The second-order valence-corrected chi connectivity index (χ2v) is 10.3. The Hall–Kier alpha value is -1.02. The summed E-state index contributed by atoms with van der Waals surface area (Å²) in [5, 5.41) is 9.92. The van der Waals surface area contributed by atoms with Crippen LogP contribution in [0.3, 0.4) is 0 Å². The molecule has 1 N–H and O–H groups in total. The quantitative estimate of drug-likeness (QED) is 0.268. The fourth-order valence-electron chi connectivity index (χ4n) is 5.49. The van der Waals surface area contributed by atoms with Crippen LogP contribution < -0.4 is 0 Å². The molecule has 0 radical (unpaired) electrons. The predicted molar refractivity (Wildman–Crippen MR) is 131 cm³/mol. The van der Waals surface area contributed by atoms with Crippen molar-refractivity contribution >= 4 is 11.8 Å². The van der Waals surface area contributed by atoms with Crippen molar-refractivity contribution in [3.63, 3.8) is 0 Å². The van der Waals surface area contributed by atoms with Crippen LogP contribution in [0, 0.1) is 11.8 Å². The van der Waals surface area contributed by atoms with Crippen molar-refractivity contribution < 1.29 is 33.6 Å². The Kier molecular flexibility index (Phi) is 13.6. The summed E-state index contributed by atoms with van der Waals surface area (Å²) in [6.45, 7) is 4.19. The van der Waals surface area contributed by atoms with Crippen LogP contribution in [0.2, 0.25) is 0 Å². The number of hydrogen-bond donors (Lipinski definition) is 1. The Morgan fingerprint density at radius 2 is 1.59 bits per heavy atom. The van der Waals surface area contributed by atoms with E-state index in [0.29, 0.717) is 37.7 Å². The number of esters is 1. The average Bonchev–Trinajstić information content (AvgIpc) is 2.84. The molecule has 0 aromatic carbocycles. The maximum atomic E-state index is 12.3. The van der Waals surface area contributed by atoms with Gasteiger partial charge in [-0.25, -0.2) is 0 Å². The number of aliphatic hydroxyl groups excluding tert-OH is 1. The minimum Gasteiger partial charge on any atom is -0.466 e. The molecule has 7 heteroatoms. The van der Waals surface area contributed by atoms with E-state index in [-0.39, 0.29) is 42.3 Å². The molecule has 0 spiro atoms. The maximum absolute atomic E-state index is 12.3. The van der Waals surface area contributed by atoms with Gasteiger partial charge in [-0.15, -0.1) is 0 Å². The highest BCUT2D eigenvalue weighted by Gasteiger charge is 2.33. The summed E-state index contributed by atoms with van der Waals surface area (Å²) < 4.78 is 22.9. The Morgan fingerprint density at radius 1 is 0.912 bits per heavy atom. The van der Waals surface area contributed by atoms with Crippen LogP contribution in [0.1, 0.15) is 97.3 Å². The van der Waals surface area contributed by atoms with E-state index in [4.69, 9.17) is 18.9 Å². The second-order valence-electron chi connectivity index (χ2n) is 10.3. The van der Waals surface area contributed by atoms with E-state index < -0.39 is 0 Å². The zero-order chi connectivity index (χ0) is 24.9. The predicted octanol–water partition coefficient (Wildman–Crippen LogP) is 4.61. The zero-order valence-corrected chi connectivity index (χ0v) is 21.8. The molecule has 2 fully saturated rings. The molecular weight excluding hydrogens is 436 g/mol. The normalized spacial score (nSPS) is 30.6. The van der Waals surface area contributed by atoms with Crippen molar-refractivity contribution in [3.05, 3.63) is 0 Å². The highest BCUT2D eigenvalue weighted by atomic mass is 16.5. The third-order valence-electron chi connectivity index (χ3n) is 7.73. The standard InChI is InChI=1S/C27H48O7/c1-5-22(34-24-14-11-21(9-8-19(2)28)18-26(24)32-4)12-15-27(30)33-16-6-7-20-10-13-23(29)25(17-20)31-3/h20-26,29H,5-18H2,1-4H3. The molecular formula is C27H48O7. The van der Waals surface area contributed by atoms with Crippen molar-refractivity contribution in [2.45, 2.75) is 128 Å². The minimum absolute atomic E-state index is 0.0172. The topological polar surface area (TPSA) is 91.3 Å². The molecule has 7 nitrogen and oxygen atoms in total. The van der Waals surface area contributed by atoms with Gasteiger partial charge in [-0.05, 0) is 89.4 Å². The van der Waals surface area contributed by atoms with Crippen LogP contribution in [-0.4, -0.2) is 68.2 Å². The van der Waals surface area contributed by atoms with Gasteiger partial charge in [0.15, 0.2) is 0 Å². The number of rotatable bonds is 15. The first-order chi connectivity index (χ1) is 16.4. The molecule has 198 valence electrons. The lowest BCUT2D eigenvalue weighted by atomic mass is 9.82. The van der Waals surface area contributed by atoms with Gasteiger partial charge in [0.25, 0.3) is 0 Å². The highest BCUT2D eigenvalue weighted by molar-refractivity contribution is 5.75. The summed E-state index contributed by atoms with van der Waals surface area (Å²) in [6.07, 6.45) is 10.6. The van der Waals surface area contributed by atoms with Gasteiger partial charge in [-0.2, -0.15) is 0 Å². The molecule has 0 saturated heterocycles. The van der Waals surface area contributed by atoms with Crippen molar-refractivity contribution in [2.75, 3.05) is 20.8 Å². The largest absolute Gasteiger partial charge is 0.466 e. The van der Waals surface area contributed by atoms with Gasteiger partial charge < -0.3 is 28.8 Å². The fourth-order valence-corrected chi connectivity index (χ4v) is 5.49. The summed E-state index contributed by atoms with van der Waals surface area (Å²) in [7, 11) is 3.39. The maximum Gasteiger partial charge on any atom is 0.305 e. The Bertz CT molecular complexity index is 596.